The van der Waals surface area contributed by atoms with E-state index in [-0.39, 0.29) is 30.2 Å². The Balaban J connectivity index is 1.48. The summed E-state index contributed by atoms with van der Waals surface area (Å²) in [7, 11) is 0. The predicted octanol–water partition coefficient (Wildman–Crippen LogP) is 4.09. The van der Waals surface area contributed by atoms with E-state index in [1.807, 2.05) is 54.6 Å². The first-order chi connectivity index (χ1) is 14.1. The number of nitrogens with zero attached hydrogens (tertiary/aromatic N) is 1. The zero-order chi connectivity index (χ0) is 20.2. The summed E-state index contributed by atoms with van der Waals surface area (Å²) in [6, 6.07) is 18.6. The van der Waals surface area contributed by atoms with E-state index in [0.29, 0.717) is 18.5 Å². The number of hydrogen-bond acceptors (Lipinski definition) is 4. The third-order valence-corrected chi connectivity index (χ3v) is 5.02. The number of fused-ring (bicyclic) bond motifs is 1. The lowest BCUT2D eigenvalue weighted by Crippen LogP contribution is -2.40. The highest BCUT2D eigenvalue weighted by Crippen LogP contribution is 2.34. The van der Waals surface area contributed by atoms with E-state index in [4.69, 9.17) is 9.15 Å². The van der Waals surface area contributed by atoms with Crippen LogP contribution in [0.3, 0.4) is 0 Å². The number of nitrogens with one attached hydrogen (secondary N) is 1. The number of rotatable bonds is 5. The average Bonchev–Trinajstić information content (AvgIpc) is 3.22. The number of hydrogen-bond donors (Lipinski definition) is 1. The van der Waals surface area contributed by atoms with E-state index in [2.05, 4.69) is 5.32 Å². The van der Waals surface area contributed by atoms with Crippen molar-refractivity contribution in [3.05, 3.63) is 83.8 Å². The van der Waals surface area contributed by atoms with E-state index < -0.39 is 0 Å². The van der Waals surface area contributed by atoms with Crippen molar-refractivity contribution in [1.29, 1.82) is 0 Å². The van der Waals surface area contributed by atoms with E-state index in [0.717, 1.165) is 17.0 Å². The smallest absolute Gasteiger partial charge is 0.287 e. The Kier molecular flexibility index (Phi) is 5.33. The Hall–Kier alpha value is -3.54. The highest BCUT2D eigenvalue weighted by Gasteiger charge is 2.29. The lowest BCUT2D eigenvalue weighted by Gasteiger charge is -2.34. The summed E-state index contributed by atoms with van der Waals surface area (Å²) in [6.07, 6.45) is 2.13. The molecular formula is C23H22N2O4. The second-order valence-corrected chi connectivity index (χ2v) is 6.92. The van der Waals surface area contributed by atoms with Crippen molar-refractivity contribution in [2.75, 3.05) is 11.4 Å². The Bertz CT molecular complexity index is 1010. The van der Waals surface area contributed by atoms with Gasteiger partial charge in [0.1, 0.15) is 12.4 Å². The molecule has 1 aliphatic heterocycles. The van der Waals surface area contributed by atoms with Gasteiger partial charge < -0.3 is 19.4 Å². The maximum absolute atomic E-state index is 12.9. The van der Waals surface area contributed by atoms with E-state index >= 15 is 0 Å². The second-order valence-electron chi connectivity index (χ2n) is 6.92. The molecule has 0 saturated heterocycles. The lowest BCUT2D eigenvalue weighted by molar-refractivity contribution is -0.116. The molecule has 0 saturated carbocycles. The summed E-state index contributed by atoms with van der Waals surface area (Å²) in [6.45, 7) is 2.35. The molecule has 6 heteroatoms. The fourth-order valence-corrected chi connectivity index (χ4v) is 3.59. The van der Waals surface area contributed by atoms with Crippen LogP contribution in [0.2, 0.25) is 0 Å². The highest BCUT2D eigenvalue weighted by atomic mass is 16.5. The van der Waals surface area contributed by atoms with Crippen LogP contribution < -0.4 is 15.0 Å². The zero-order valence-electron chi connectivity index (χ0n) is 16.1. The van der Waals surface area contributed by atoms with E-state index in [9.17, 15) is 9.59 Å². The third-order valence-electron chi connectivity index (χ3n) is 5.02. The van der Waals surface area contributed by atoms with Crippen LogP contribution in [0.1, 0.15) is 41.1 Å². The van der Waals surface area contributed by atoms with Crippen molar-refractivity contribution >= 4 is 17.5 Å². The molecular weight excluding hydrogens is 368 g/mol. The largest absolute Gasteiger partial charge is 0.489 e. The van der Waals surface area contributed by atoms with Gasteiger partial charge in [0, 0.05) is 24.7 Å². The molecule has 0 fully saturated rings. The van der Waals surface area contributed by atoms with Crippen LogP contribution in [0, 0.1) is 0 Å². The Morgan fingerprint density at radius 1 is 1.10 bits per heavy atom. The van der Waals surface area contributed by atoms with Crippen LogP contribution in [0.4, 0.5) is 5.69 Å². The van der Waals surface area contributed by atoms with Crippen molar-refractivity contribution < 1.29 is 18.7 Å². The number of para-hydroxylation sites is 2. The third kappa shape index (κ3) is 4.01. The first-order valence-corrected chi connectivity index (χ1v) is 9.55. The molecule has 0 aliphatic carbocycles. The minimum absolute atomic E-state index is 0.00592. The summed E-state index contributed by atoms with van der Waals surface area (Å²) >= 11 is 0. The Morgan fingerprint density at radius 3 is 2.66 bits per heavy atom. The predicted molar refractivity (Wildman–Crippen MR) is 109 cm³/mol. The molecule has 2 aromatic carbocycles. The number of carbonyl (C=O) groups excluding carboxylic acids is 2. The SMILES string of the molecule is CC(=O)N1CCC(NC(=O)c2occc2COc2ccccc2)c2ccccc21. The van der Waals surface area contributed by atoms with Gasteiger partial charge in [-0.3, -0.25) is 9.59 Å². The van der Waals surface area contributed by atoms with Gasteiger partial charge >= 0.3 is 0 Å². The van der Waals surface area contributed by atoms with Gasteiger partial charge in [-0.15, -0.1) is 0 Å². The van der Waals surface area contributed by atoms with Gasteiger partial charge in [-0.2, -0.15) is 0 Å². The van der Waals surface area contributed by atoms with Gasteiger partial charge in [-0.25, -0.2) is 0 Å². The molecule has 1 N–H and O–H groups in total. The Morgan fingerprint density at radius 2 is 1.86 bits per heavy atom. The molecule has 1 aliphatic rings. The van der Waals surface area contributed by atoms with Gasteiger partial charge in [0.2, 0.25) is 5.91 Å². The van der Waals surface area contributed by atoms with Crippen molar-refractivity contribution in [2.24, 2.45) is 0 Å². The standard InChI is InChI=1S/C23H22N2O4/c1-16(26)25-13-11-20(19-9-5-6-10-21(19)25)24-23(27)22-17(12-14-28-22)15-29-18-7-3-2-4-8-18/h2-10,12,14,20H,11,13,15H2,1H3,(H,24,27). The van der Waals surface area contributed by atoms with Crippen LogP contribution in [-0.4, -0.2) is 18.4 Å². The molecule has 148 valence electrons. The summed E-state index contributed by atoms with van der Waals surface area (Å²) in [5.74, 6) is 0.671. The number of carbonyl (C=O) groups is 2. The van der Waals surface area contributed by atoms with Gasteiger partial charge in [0.25, 0.3) is 5.91 Å². The average molecular weight is 390 g/mol. The molecule has 1 atom stereocenters. The Labute approximate surface area is 169 Å². The second kappa shape index (κ2) is 8.22. The quantitative estimate of drug-likeness (QED) is 0.712. The maximum atomic E-state index is 12.9. The fourth-order valence-electron chi connectivity index (χ4n) is 3.59. The number of anilines is 1. The molecule has 0 spiro atoms. The van der Waals surface area contributed by atoms with Gasteiger partial charge in [-0.1, -0.05) is 36.4 Å². The first-order valence-electron chi connectivity index (χ1n) is 9.55. The van der Waals surface area contributed by atoms with Crippen LogP contribution in [0.5, 0.6) is 5.75 Å². The van der Waals surface area contributed by atoms with E-state index in [1.165, 1.54) is 6.26 Å². The van der Waals surface area contributed by atoms with Crippen molar-refractivity contribution in [3.8, 4) is 5.75 Å². The van der Waals surface area contributed by atoms with Crippen molar-refractivity contribution in [1.82, 2.24) is 5.32 Å². The zero-order valence-corrected chi connectivity index (χ0v) is 16.1. The van der Waals surface area contributed by atoms with Gasteiger partial charge in [-0.05, 0) is 36.2 Å². The molecule has 1 unspecified atom stereocenters. The number of amides is 2. The fraction of sp³-hybridized carbons (Fsp3) is 0.217. The molecule has 2 amide bonds. The molecule has 3 aromatic rings. The summed E-state index contributed by atoms with van der Waals surface area (Å²) in [5.41, 5.74) is 2.44. The van der Waals surface area contributed by atoms with Crippen LogP contribution in [-0.2, 0) is 11.4 Å². The van der Waals surface area contributed by atoms with Crippen molar-refractivity contribution in [2.45, 2.75) is 26.0 Å². The maximum Gasteiger partial charge on any atom is 0.287 e. The monoisotopic (exact) mass is 390 g/mol. The summed E-state index contributed by atoms with van der Waals surface area (Å²) in [5, 5.41) is 3.05. The molecule has 6 nitrogen and oxygen atoms in total. The summed E-state index contributed by atoms with van der Waals surface area (Å²) in [4.78, 5) is 26.6. The molecule has 0 bridgehead atoms. The molecule has 2 heterocycles. The van der Waals surface area contributed by atoms with Crippen LogP contribution >= 0.6 is 0 Å². The topological polar surface area (TPSA) is 71.8 Å². The van der Waals surface area contributed by atoms with Gasteiger partial charge in [0.15, 0.2) is 5.76 Å². The highest BCUT2D eigenvalue weighted by molar-refractivity contribution is 5.95. The van der Waals surface area contributed by atoms with Crippen LogP contribution in [0.25, 0.3) is 0 Å². The molecule has 0 radical (unpaired) electrons. The number of benzene rings is 2. The summed E-state index contributed by atoms with van der Waals surface area (Å²) < 4.78 is 11.2. The minimum Gasteiger partial charge on any atom is -0.489 e. The molecule has 4 rings (SSSR count). The molecule has 1 aromatic heterocycles. The van der Waals surface area contributed by atoms with Crippen LogP contribution in [0.15, 0.2) is 71.3 Å². The van der Waals surface area contributed by atoms with Crippen molar-refractivity contribution in [3.63, 3.8) is 0 Å². The lowest BCUT2D eigenvalue weighted by atomic mass is 9.96. The van der Waals surface area contributed by atoms with E-state index in [1.54, 1.807) is 17.9 Å². The minimum atomic E-state index is -0.294. The first kappa shape index (κ1) is 18.8. The number of furan rings is 1. The normalized spacial score (nSPS) is 15.5. The molecule has 29 heavy (non-hydrogen) atoms. The number of ether oxygens (including phenoxy) is 1. The van der Waals surface area contributed by atoms with Gasteiger partial charge in [0.05, 0.1) is 12.3 Å².